The van der Waals surface area contributed by atoms with Crippen LogP contribution in [0.25, 0.3) is 11.1 Å². The molecule has 1 aliphatic heterocycles. The average molecular weight is 395 g/mol. The molecule has 1 aliphatic rings. The Bertz CT molecular complexity index is 1020. The van der Waals surface area contributed by atoms with E-state index in [4.69, 9.17) is 8.83 Å². The van der Waals surface area contributed by atoms with Gasteiger partial charge in [0.1, 0.15) is 11.3 Å². The van der Waals surface area contributed by atoms with E-state index >= 15 is 0 Å². The smallest absolute Gasteiger partial charge is 0.228 e. The normalized spacial score (nSPS) is 14.8. The van der Waals surface area contributed by atoms with E-state index in [0.717, 1.165) is 41.1 Å². The van der Waals surface area contributed by atoms with Crippen molar-refractivity contribution in [1.82, 2.24) is 19.7 Å². The van der Waals surface area contributed by atoms with E-state index in [1.807, 2.05) is 36.4 Å². The monoisotopic (exact) mass is 395 g/mol. The van der Waals surface area contributed by atoms with Gasteiger partial charge in [-0.1, -0.05) is 23.9 Å². The summed E-state index contributed by atoms with van der Waals surface area (Å²) in [4.78, 5) is 6.88. The van der Waals surface area contributed by atoms with Crippen LogP contribution in [-0.4, -0.2) is 32.8 Å². The van der Waals surface area contributed by atoms with Crippen molar-refractivity contribution in [2.75, 3.05) is 18.0 Å². The molecular formula is C20H21N5O2S. The number of rotatable bonds is 6. The van der Waals surface area contributed by atoms with Gasteiger partial charge in [0.15, 0.2) is 10.7 Å². The van der Waals surface area contributed by atoms with Crippen LogP contribution in [0.15, 0.2) is 56.7 Å². The Morgan fingerprint density at radius 2 is 1.89 bits per heavy atom. The average Bonchev–Trinajstić information content (AvgIpc) is 3.47. The number of fused-ring (bicyclic) bond motifs is 1. The van der Waals surface area contributed by atoms with Crippen LogP contribution < -0.4 is 4.90 Å². The highest BCUT2D eigenvalue weighted by Crippen LogP contribution is 2.28. The minimum atomic E-state index is 0.602. The van der Waals surface area contributed by atoms with Crippen LogP contribution in [-0.2, 0) is 12.3 Å². The summed E-state index contributed by atoms with van der Waals surface area (Å²) >= 11 is 1.59. The molecule has 1 aromatic carbocycles. The van der Waals surface area contributed by atoms with E-state index in [1.165, 1.54) is 19.3 Å². The first kappa shape index (κ1) is 17.4. The lowest BCUT2D eigenvalue weighted by Crippen LogP contribution is -2.32. The maximum Gasteiger partial charge on any atom is 0.228 e. The molecule has 4 heterocycles. The summed E-state index contributed by atoms with van der Waals surface area (Å²) in [7, 11) is 0. The van der Waals surface area contributed by atoms with Crippen LogP contribution >= 0.6 is 11.8 Å². The molecule has 28 heavy (non-hydrogen) atoms. The summed E-state index contributed by atoms with van der Waals surface area (Å²) in [5, 5.41) is 9.81. The van der Waals surface area contributed by atoms with E-state index in [2.05, 4.69) is 24.6 Å². The zero-order valence-corrected chi connectivity index (χ0v) is 16.3. The Morgan fingerprint density at radius 1 is 1.00 bits per heavy atom. The number of thioether (sulfide) groups is 1. The number of oxazole rings is 1. The Hall–Kier alpha value is -2.74. The molecular weight excluding hydrogens is 374 g/mol. The number of furan rings is 1. The molecule has 144 valence electrons. The third kappa shape index (κ3) is 3.52. The standard InChI is InChI=1S/C20H21N5O2S/c1-4-10-24(11-5-1)19-22-23-20(25(19)13-15-7-6-12-26-15)28-14-18-21-16-8-2-3-9-17(16)27-18/h2-3,6-9,12H,1,4-5,10-11,13-14H2. The highest BCUT2D eigenvalue weighted by Gasteiger charge is 2.21. The van der Waals surface area contributed by atoms with E-state index in [1.54, 1.807) is 18.0 Å². The van der Waals surface area contributed by atoms with Crippen molar-refractivity contribution in [2.24, 2.45) is 0 Å². The van der Waals surface area contributed by atoms with Gasteiger partial charge in [0.05, 0.1) is 18.6 Å². The third-order valence-electron chi connectivity index (χ3n) is 4.89. The van der Waals surface area contributed by atoms with Gasteiger partial charge < -0.3 is 13.7 Å². The quantitative estimate of drug-likeness (QED) is 0.450. The van der Waals surface area contributed by atoms with E-state index in [9.17, 15) is 0 Å². The van der Waals surface area contributed by atoms with Crippen molar-refractivity contribution in [2.45, 2.75) is 36.7 Å². The van der Waals surface area contributed by atoms with Crippen molar-refractivity contribution < 1.29 is 8.83 Å². The van der Waals surface area contributed by atoms with Crippen LogP contribution in [0.2, 0.25) is 0 Å². The number of aromatic nitrogens is 4. The van der Waals surface area contributed by atoms with Gasteiger partial charge in [-0.15, -0.1) is 10.2 Å². The van der Waals surface area contributed by atoms with Crippen LogP contribution in [0.3, 0.4) is 0 Å². The molecule has 0 unspecified atom stereocenters. The molecule has 8 heteroatoms. The predicted molar refractivity (Wildman–Crippen MR) is 107 cm³/mol. The predicted octanol–water partition coefficient (Wildman–Crippen LogP) is 4.34. The number of anilines is 1. The van der Waals surface area contributed by atoms with Crippen molar-refractivity contribution in [1.29, 1.82) is 0 Å². The zero-order valence-electron chi connectivity index (χ0n) is 15.5. The highest BCUT2D eigenvalue weighted by atomic mass is 32.2. The Balaban J connectivity index is 1.40. The lowest BCUT2D eigenvalue weighted by molar-refractivity contribution is 0.479. The summed E-state index contributed by atoms with van der Waals surface area (Å²) in [5.41, 5.74) is 1.69. The van der Waals surface area contributed by atoms with Gasteiger partial charge in [-0.3, -0.25) is 4.57 Å². The van der Waals surface area contributed by atoms with Crippen LogP contribution in [0.5, 0.6) is 0 Å². The molecule has 1 saturated heterocycles. The van der Waals surface area contributed by atoms with E-state index in [0.29, 0.717) is 18.2 Å². The maximum absolute atomic E-state index is 5.84. The van der Waals surface area contributed by atoms with Crippen LogP contribution in [0.4, 0.5) is 5.95 Å². The highest BCUT2D eigenvalue weighted by molar-refractivity contribution is 7.98. The number of piperidine rings is 1. The lowest BCUT2D eigenvalue weighted by atomic mass is 10.1. The van der Waals surface area contributed by atoms with Gasteiger partial charge in [0, 0.05) is 13.1 Å². The van der Waals surface area contributed by atoms with Gasteiger partial charge >= 0.3 is 0 Å². The van der Waals surface area contributed by atoms with Crippen LogP contribution in [0.1, 0.15) is 30.9 Å². The number of para-hydroxylation sites is 2. The number of hydrogen-bond donors (Lipinski definition) is 0. The molecule has 3 aromatic heterocycles. The second-order valence-electron chi connectivity index (χ2n) is 6.86. The minimum absolute atomic E-state index is 0.602. The van der Waals surface area contributed by atoms with Crippen molar-refractivity contribution >= 4 is 28.8 Å². The second kappa shape index (κ2) is 7.71. The molecule has 0 radical (unpaired) electrons. The summed E-state index contributed by atoms with van der Waals surface area (Å²) in [6.07, 6.45) is 5.37. The molecule has 0 spiro atoms. The topological polar surface area (TPSA) is 73.1 Å². The van der Waals surface area contributed by atoms with Crippen molar-refractivity contribution in [3.63, 3.8) is 0 Å². The van der Waals surface area contributed by atoms with Gasteiger partial charge in [-0.2, -0.15) is 0 Å². The van der Waals surface area contributed by atoms with Gasteiger partial charge in [0.25, 0.3) is 0 Å². The lowest BCUT2D eigenvalue weighted by Gasteiger charge is -2.27. The third-order valence-corrected chi connectivity index (χ3v) is 5.84. The number of nitrogens with zero attached hydrogens (tertiary/aromatic N) is 5. The first-order valence-electron chi connectivity index (χ1n) is 9.54. The fourth-order valence-corrected chi connectivity index (χ4v) is 4.30. The van der Waals surface area contributed by atoms with Crippen molar-refractivity contribution in [3.8, 4) is 0 Å². The van der Waals surface area contributed by atoms with Gasteiger partial charge in [-0.05, 0) is 43.5 Å². The van der Waals surface area contributed by atoms with E-state index < -0.39 is 0 Å². The summed E-state index contributed by atoms with van der Waals surface area (Å²) < 4.78 is 13.5. The second-order valence-corrected chi connectivity index (χ2v) is 7.80. The molecule has 0 saturated carbocycles. The Morgan fingerprint density at radius 3 is 2.71 bits per heavy atom. The van der Waals surface area contributed by atoms with Crippen molar-refractivity contribution in [3.05, 3.63) is 54.3 Å². The fourth-order valence-electron chi connectivity index (χ4n) is 3.52. The molecule has 0 amide bonds. The molecule has 5 rings (SSSR count). The number of hydrogen-bond acceptors (Lipinski definition) is 7. The minimum Gasteiger partial charge on any atom is -0.467 e. The molecule has 0 N–H and O–H groups in total. The van der Waals surface area contributed by atoms with Gasteiger partial charge in [0.2, 0.25) is 11.8 Å². The molecule has 0 atom stereocenters. The maximum atomic E-state index is 5.84. The number of benzene rings is 1. The summed E-state index contributed by atoms with van der Waals surface area (Å²) in [6.45, 7) is 2.65. The SMILES string of the molecule is c1coc(Cn2c(SCc3nc4ccccc4o3)nnc2N2CCCCC2)c1. The summed E-state index contributed by atoms with van der Waals surface area (Å²) in [6, 6.07) is 11.7. The zero-order chi connectivity index (χ0) is 18.8. The fraction of sp³-hybridized carbons (Fsp3) is 0.350. The molecule has 1 fully saturated rings. The first-order valence-corrected chi connectivity index (χ1v) is 10.5. The Kier molecular flexibility index (Phi) is 4.78. The first-order chi connectivity index (χ1) is 13.9. The largest absolute Gasteiger partial charge is 0.467 e. The summed E-state index contributed by atoms with van der Waals surface area (Å²) in [5.74, 6) is 3.10. The molecule has 4 aromatic rings. The molecule has 0 aliphatic carbocycles. The van der Waals surface area contributed by atoms with E-state index in [-0.39, 0.29) is 0 Å². The molecule has 0 bridgehead atoms. The molecule has 7 nitrogen and oxygen atoms in total. The van der Waals surface area contributed by atoms with Gasteiger partial charge in [-0.25, -0.2) is 4.98 Å². The van der Waals surface area contributed by atoms with Crippen LogP contribution in [0, 0.1) is 0 Å². The Labute approximate surface area is 166 Å².